The smallest absolute Gasteiger partial charge is 0.243 e. The van der Waals surface area contributed by atoms with Crippen LogP contribution in [-0.4, -0.2) is 28.1 Å². The van der Waals surface area contributed by atoms with Crippen molar-refractivity contribution in [2.45, 2.75) is 18.8 Å². The van der Waals surface area contributed by atoms with Crippen molar-refractivity contribution in [3.63, 3.8) is 0 Å². The summed E-state index contributed by atoms with van der Waals surface area (Å²) < 4.78 is 1.67. The maximum atomic E-state index is 13.8. The molecule has 5 rings (SSSR count). The minimum absolute atomic E-state index is 0.0350. The topological polar surface area (TPSA) is 67.2 Å². The molecule has 3 aromatic rings. The number of nitrogens with zero attached hydrogens (tertiary/aromatic N) is 3. The summed E-state index contributed by atoms with van der Waals surface area (Å²) in [6.45, 7) is 2.04. The molecule has 1 aromatic heterocycles. The molecule has 2 aromatic carbocycles. The molecule has 1 N–H and O–H groups in total. The summed E-state index contributed by atoms with van der Waals surface area (Å²) >= 11 is 6.47. The Morgan fingerprint density at radius 3 is 2.77 bits per heavy atom. The van der Waals surface area contributed by atoms with Gasteiger partial charge in [-0.1, -0.05) is 47.9 Å². The molecule has 0 unspecified atom stereocenters. The second kappa shape index (κ2) is 6.48. The van der Waals surface area contributed by atoms with E-state index in [1.54, 1.807) is 23.0 Å². The Labute approximate surface area is 178 Å². The van der Waals surface area contributed by atoms with E-state index in [0.29, 0.717) is 27.7 Å². The summed E-state index contributed by atoms with van der Waals surface area (Å²) in [5, 5.41) is 7.88. The molecule has 148 valence electrons. The number of halogens is 1. The normalized spacial score (nSPS) is 19.4. The number of hydrogen-bond acceptors (Lipinski definition) is 3. The highest BCUT2D eigenvalue weighted by molar-refractivity contribution is 6.35. The van der Waals surface area contributed by atoms with Gasteiger partial charge in [-0.25, -0.2) is 4.68 Å². The summed E-state index contributed by atoms with van der Waals surface area (Å²) in [5.74, 6) is 2.49. The third kappa shape index (κ3) is 2.30. The van der Waals surface area contributed by atoms with Crippen LogP contribution in [0.15, 0.2) is 48.7 Å². The molecule has 0 fully saturated rings. The van der Waals surface area contributed by atoms with Crippen molar-refractivity contribution in [2.24, 2.45) is 0 Å². The molecular formula is C23H17ClN4O2. The van der Waals surface area contributed by atoms with Crippen LogP contribution >= 0.6 is 11.6 Å². The lowest BCUT2D eigenvalue weighted by atomic mass is 9.72. The second-order valence-electron chi connectivity index (χ2n) is 7.47. The number of anilines is 2. The first-order valence-electron chi connectivity index (χ1n) is 9.48. The maximum absolute atomic E-state index is 13.8. The lowest BCUT2D eigenvalue weighted by Crippen LogP contribution is -2.46. The number of benzene rings is 2. The molecule has 3 heterocycles. The van der Waals surface area contributed by atoms with E-state index in [9.17, 15) is 9.59 Å². The predicted octanol–water partition coefficient (Wildman–Crippen LogP) is 3.44. The van der Waals surface area contributed by atoms with Crippen LogP contribution in [0.4, 0.5) is 11.5 Å². The van der Waals surface area contributed by atoms with Crippen molar-refractivity contribution in [1.29, 1.82) is 0 Å². The number of fused-ring (bicyclic) bond motifs is 4. The van der Waals surface area contributed by atoms with Crippen LogP contribution in [-0.2, 0) is 15.0 Å². The number of carbonyl (C=O) groups excluding carboxylic acids is 2. The Kier molecular flexibility index (Phi) is 3.99. The molecule has 6 nitrogen and oxygen atoms in total. The third-order valence-corrected chi connectivity index (χ3v) is 6.14. The highest BCUT2D eigenvalue weighted by Gasteiger charge is 2.57. The second-order valence-corrected chi connectivity index (χ2v) is 7.87. The van der Waals surface area contributed by atoms with E-state index in [-0.39, 0.29) is 24.8 Å². The van der Waals surface area contributed by atoms with Gasteiger partial charge in [-0.3, -0.25) is 14.5 Å². The molecule has 1 spiro atoms. The summed E-state index contributed by atoms with van der Waals surface area (Å²) in [4.78, 5) is 28.1. The number of nitrogens with one attached hydrogen (secondary N) is 1. The number of aryl methyl sites for hydroxylation is 1. The Balaban J connectivity index is 1.80. The number of para-hydroxylation sites is 2. The van der Waals surface area contributed by atoms with Gasteiger partial charge >= 0.3 is 0 Å². The van der Waals surface area contributed by atoms with Gasteiger partial charge in [0.05, 0.1) is 29.1 Å². The lowest BCUT2D eigenvalue weighted by Gasteiger charge is -2.32. The van der Waals surface area contributed by atoms with Gasteiger partial charge in [0.25, 0.3) is 0 Å². The van der Waals surface area contributed by atoms with E-state index in [4.69, 9.17) is 18.0 Å². The number of hydrogen-bond donors (Lipinski definition) is 1. The fourth-order valence-corrected chi connectivity index (χ4v) is 4.81. The van der Waals surface area contributed by atoms with Crippen molar-refractivity contribution in [2.75, 3.05) is 16.8 Å². The number of amides is 2. The number of carbonyl (C=O) groups is 2. The average molecular weight is 417 g/mol. The first-order chi connectivity index (χ1) is 14.5. The van der Waals surface area contributed by atoms with Gasteiger partial charge in [0.2, 0.25) is 11.8 Å². The van der Waals surface area contributed by atoms with E-state index in [2.05, 4.69) is 16.3 Å². The molecule has 0 aliphatic carbocycles. The standard InChI is InChI=1S/C23H17ClN4O2/c1-3-11-27-20-15(8-6-9-17(20)24)23(22(27)30)12-19(29)26-21-16(23)13-25-28(21)18-10-5-4-7-14(18)2/h1,4-10,13H,11-12H2,2H3,(H,26,29)/t23-/m1/s1. The van der Waals surface area contributed by atoms with E-state index >= 15 is 0 Å². The van der Waals surface area contributed by atoms with Crippen LogP contribution in [0.3, 0.4) is 0 Å². The third-order valence-electron chi connectivity index (χ3n) is 5.83. The minimum atomic E-state index is -1.21. The first kappa shape index (κ1) is 18.5. The summed E-state index contributed by atoms with van der Waals surface area (Å²) in [6, 6.07) is 13.1. The fourth-order valence-electron chi connectivity index (χ4n) is 4.53. The van der Waals surface area contributed by atoms with Gasteiger partial charge in [-0.05, 0) is 30.2 Å². The van der Waals surface area contributed by atoms with Crippen molar-refractivity contribution < 1.29 is 9.59 Å². The monoisotopic (exact) mass is 416 g/mol. The summed E-state index contributed by atoms with van der Waals surface area (Å²) in [6.07, 6.45) is 7.15. The maximum Gasteiger partial charge on any atom is 0.243 e. The summed E-state index contributed by atoms with van der Waals surface area (Å²) in [7, 11) is 0. The number of rotatable bonds is 2. The van der Waals surface area contributed by atoms with Gasteiger partial charge in [0, 0.05) is 12.0 Å². The van der Waals surface area contributed by atoms with Crippen LogP contribution in [0.2, 0.25) is 5.02 Å². The summed E-state index contributed by atoms with van der Waals surface area (Å²) in [5.41, 5.74) is 2.48. The van der Waals surface area contributed by atoms with E-state index in [1.165, 1.54) is 4.90 Å². The highest BCUT2D eigenvalue weighted by atomic mass is 35.5. The van der Waals surface area contributed by atoms with Crippen molar-refractivity contribution in [3.05, 3.63) is 70.4 Å². The quantitative estimate of drug-likeness (QED) is 0.651. The SMILES string of the molecule is C#CCN1C(=O)[C@]2(CC(=O)Nc3c2cnn3-c2ccccc2C)c2cccc(Cl)c21. The Morgan fingerprint density at radius 2 is 2.00 bits per heavy atom. The predicted molar refractivity (Wildman–Crippen MR) is 115 cm³/mol. The Bertz CT molecular complexity index is 1270. The Hall–Kier alpha value is -3.56. The van der Waals surface area contributed by atoms with Gasteiger partial charge in [-0.2, -0.15) is 5.10 Å². The van der Waals surface area contributed by atoms with E-state index < -0.39 is 5.41 Å². The molecule has 30 heavy (non-hydrogen) atoms. The first-order valence-corrected chi connectivity index (χ1v) is 9.85. The van der Waals surface area contributed by atoms with Crippen LogP contribution < -0.4 is 10.2 Å². The van der Waals surface area contributed by atoms with Crippen molar-refractivity contribution in [1.82, 2.24) is 9.78 Å². The molecule has 0 saturated carbocycles. The van der Waals surface area contributed by atoms with Crippen LogP contribution in [0.25, 0.3) is 5.69 Å². The molecule has 7 heteroatoms. The van der Waals surface area contributed by atoms with Crippen molar-refractivity contribution in [3.8, 4) is 18.0 Å². The minimum Gasteiger partial charge on any atom is -0.310 e. The van der Waals surface area contributed by atoms with E-state index in [0.717, 1.165) is 11.3 Å². The van der Waals surface area contributed by atoms with Gasteiger partial charge in [0.1, 0.15) is 11.2 Å². The molecular weight excluding hydrogens is 400 g/mol. The molecule has 0 bridgehead atoms. The lowest BCUT2D eigenvalue weighted by molar-refractivity contribution is -0.126. The molecule has 0 radical (unpaired) electrons. The molecule has 2 amide bonds. The zero-order valence-corrected chi connectivity index (χ0v) is 16.9. The van der Waals surface area contributed by atoms with Crippen molar-refractivity contribution >= 4 is 34.9 Å². The van der Waals surface area contributed by atoms with Gasteiger partial charge in [-0.15, -0.1) is 6.42 Å². The zero-order chi connectivity index (χ0) is 21.0. The average Bonchev–Trinajstić information content (AvgIpc) is 3.24. The molecule has 2 aliphatic rings. The van der Waals surface area contributed by atoms with Gasteiger partial charge < -0.3 is 5.32 Å². The van der Waals surface area contributed by atoms with Crippen LogP contribution in [0, 0.1) is 19.3 Å². The number of aromatic nitrogens is 2. The fraction of sp³-hybridized carbons (Fsp3) is 0.174. The molecule has 0 saturated heterocycles. The zero-order valence-electron chi connectivity index (χ0n) is 16.1. The largest absolute Gasteiger partial charge is 0.310 e. The van der Waals surface area contributed by atoms with Crippen LogP contribution in [0.1, 0.15) is 23.1 Å². The number of terminal acetylenes is 1. The highest BCUT2D eigenvalue weighted by Crippen LogP contribution is 2.54. The molecule has 1 atom stereocenters. The van der Waals surface area contributed by atoms with E-state index in [1.807, 2.05) is 37.3 Å². The van der Waals surface area contributed by atoms with Crippen LogP contribution in [0.5, 0.6) is 0 Å². The van der Waals surface area contributed by atoms with Gasteiger partial charge in [0.15, 0.2) is 0 Å². The Morgan fingerprint density at radius 1 is 1.20 bits per heavy atom. The molecule has 2 aliphatic heterocycles.